The van der Waals surface area contributed by atoms with Crippen LogP contribution in [0.2, 0.25) is 0 Å². The van der Waals surface area contributed by atoms with Gasteiger partial charge in [0.2, 0.25) is 0 Å². The Balaban J connectivity index is 1.31. The molecule has 0 amide bonds. The maximum absolute atomic E-state index is 5.38. The summed E-state index contributed by atoms with van der Waals surface area (Å²) < 4.78 is 0. The van der Waals surface area contributed by atoms with E-state index in [4.69, 9.17) is 15.0 Å². The third kappa shape index (κ3) is 5.10. The van der Waals surface area contributed by atoms with Crippen molar-refractivity contribution >= 4 is 21.5 Å². The molecule has 0 spiro atoms. The van der Waals surface area contributed by atoms with E-state index < -0.39 is 5.41 Å². The van der Waals surface area contributed by atoms with Crippen molar-refractivity contribution in [2.24, 2.45) is 0 Å². The van der Waals surface area contributed by atoms with Gasteiger partial charge in [0, 0.05) is 22.3 Å². The zero-order valence-corrected chi connectivity index (χ0v) is 31.0. The molecule has 0 N–H and O–H groups in total. The molecular formula is C54H35N3. The molecule has 0 saturated carbocycles. The Morgan fingerprint density at radius 1 is 0.263 bits per heavy atom. The maximum atomic E-state index is 5.38. The van der Waals surface area contributed by atoms with Crippen molar-refractivity contribution < 1.29 is 0 Å². The number of aromatic nitrogens is 3. The summed E-state index contributed by atoms with van der Waals surface area (Å²) in [5.41, 5.74) is 12.0. The predicted molar refractivity (Wildman–Crippen MR) is 234 cm³/mol. The lowest BCUT2D eigenvalue weighted by Crippen LogP contribution is -2.28. The van der Waals surface area contributed by atoms with Crippen LogP contribution in [-0.4, -0.2) is 15.0 Å². The van der Waals surface area contributed by atoms with Crippen LogP contribution in [0.1, 0.15) is 22.3 Å². The number of hydrogen-bond acceptors (Lipinski definition) is 3. The minimum Gasteiger partial charge on any atom is -0.208 e. The SMILES string of the molecule is c1ccc(-c2nc(-c3ccccc3)nc(-c3c(-c4cccc5c4-c4ccccc4C5(c4ccccc4)c4ccccc4)c4ccccc4c4ccccc34)n2)cc1. The molecule has 266 valence electrons. The van der Waals surface area contributed by atoms with Crippen molar-refractivity contribution in [2.75, 3.05) is 0 Å². The highest BCUT2D eigenvalue weighted by Gasteiger charge is 2.47. The Labute approximate surface area is 331 Å². The molecule has 0 radical (unpaired) electrons. The van der Waals surface area contributed by atoms with Crippen LogP contribution in [0.3, 0.4) is 0 Å². The lowest BCUT2D eigenvalue weighted by atomic mass is 9.67. The first-order chi connectivity index (χ1) is 28.3. The van der Waals surface area contributed by atoms with Gasteiger partial charge in [0.1, 0.15) is 0 Å². The van der Waals surface area contributed by atoms with Crippen molar-refractivity contribution in [2.45, 2.75) is 5.41 Å². The summed E-state index contributed by atoms with van der Waals surface area (Å²) in [4.78, 5) is 15.9. The standard InChI is InChI=1S/C54H35N3/c1-5-20-36(21-6-1)51-55-52(37-22-7-2-8-23-37)57-53(56-51)50-43-31-16-14-29-41(43)40-28-13-15-30-42(40)49(50)45-33-19-35-47-48(45)44-32-17-18-34-46(44)54(47,38-24-9-3-10-25-38)39-26-11-4-12-27-39/h1-35H. The van der Waals surface area contributed by atoms with Crippen LogP contribution in [0.5, 0.6) is 0 Å². The molecule has 0 unspecified atom stereocenters. The van der Waals surface area contributed by atoms with E-state index in [1.54, 1.807) is 0 Å². The average molecular weight is 726 g/mol. The second kappa shape index (κ2) is 13.4. The van der Waals surface area contributed by atoms with Gasteiger partial charge in [-0.1, -0.05) is 212 Å². The Hall–Kier alpha value is -7.49. The zero-order chi connectivity index (χ0) is 37.8. The van der Waals surface area contributed by atoms with Gasteiger partial charge in [-0.2, -0.15) is 0 Å². The van der Waals surface area contributed by atoms with Gasteiger partial charge < -0.3 is 0 Å². The molecule has 1 aliphatic rings. The molecule has 0 aliphatic heterocycles. The minimum absolute atomic E-state index is 0.536. The number of rotatable bonds is 6. The van der Waals surface area contributed by atoms with Crippen molar-refractivity contribution in [3.63, 3.8) is 0 Å². The van der Waals surface area contributed by atoms with Gasteiger partial charge in [-0.25, -0.2) is 15.0 Å². The van der Waals surface area contributed by atoms with Gasteiger partial charge in [0.05, 0.1) is 5.41 Å². The highest BCUT2D eigenvalue weighted by Crippen LogP contribution is 2.59. The second-order valence-corrected chi connectivity index (χ2v) is 14.6. The van der Waals surface area contributed by atoms with Crippen LogP contribution in [0.25, 0.3) is 78.0 Å². The molecule has 0 fully saturated rings. The molecule has 9 aromatic carbocycles. The molecule has 0 bridgehead atoms. The Kier molecular flexibility index (Phi) is 7.71. The Bertz CT molecular complexity index is 3010. The fourth-order valence-electron chi connectivity index (χ4n) is 9.28. The highest BCUT2D eigenvalue weighted by atomic mass is 15.0. The zero-order valence-electron chi connectivity index (χ0n) is 31.0. The molecule has 3 heteroatoms. The smallest absolute Gasteiger partial charge is 0.165 e. The fraction of sp³-hybridized carbons (Fsp3) is 0.0185. The van der Waals surface area contributed by atoms with E-state index in [0.717, 1.165) is 44.0 Å². The Morgan fingerprint density at radius 2 is 0.667 bits per heavy atom. The maximum Gasteiger partial charge on any atom is 0.165 e. The van der Waals surface area contributed by atoms with Gasteiger partial charge in [-0.3, -0.25) is 0 Å². The third-order valence-corrected chi connectivity index (χ3v) is 11.6. The first kappa shape index (κ1) is 32.9. The van der Waals surface area contributed by atoms with Crippen molar-refractivity contribution in [3.05, 3.63) is 235 Å². The predicted octanol–water partition coefficient (Wildman–Crippen LogP) is 13.2. The average Bonchev–Trinajstić information content (AvgIpc) is 3.61. The number of hydrogen-bond donors (Lipinski definition) is 0. The van der Waals surface area contributed by atoms with Gasteiger partial charge in [0.15, 0.2) is 17.5 Å². The van der Waals surface area contributed by atoms with E-state index in [1.165, 1.54) is 38.8 Å². The monoisotopic (exact) mass is 725 g/mol. The molecule has 11 rings (SSSR count). The topological polar surface area (TPSA) is 38.7 Å². The number of nitrogens with zero attached hydrogens (tertiary/aromatic N) is 3. The summed E-state index contributed by atoms with van der Waals surface area (Å²) >= 11 is 0. The minimum atomic E-state index is -0.536. The van der Waals surface area contributed by atoms with Crippen molar-refractivity contribution in [1.82, 2.24) is 15.0 Å². The van der Waals surface area contributed by atoms with Crippen LogP contribution < -0.4 is 0 Å². The molecule has 10 aromatic rings. The quantitative estimate of drug-likeness (QED) is 0.160. The van der Waals surface area contributed by atoms with E-state index in [-0.39, 0.29) is 0 Å². The largest absolute Gasteiger partial charge is 0.208 e. The number of benzene rings is 9. The second-order valence-electron chi connectivity index (χ2n) is 14.6. The van der Waals surface area contributed by atoms with Gasteiger partial charge in [0.25, 0.3) is 0 Å². The molecule has 1 aromatic heterocycles. The Morgan fingerprint density at radius 3 is 1.23 bits per heavy atom. The molecule has 0 saturated heterocycles. The normalized spacial score (nSPS) is 12.7. The van der Waals surface area contributed by atoms with Gasteiger partial charge >= 0.3 is 0 Å². The molecular weight excluding hydrogens is 691 g/mol. The summed E-state index contributed by atoms with van der Waals surface area (Å²) in [6.45, 7) is 0. The molecule has 57 heavy (non-hydrogen) atoms. The summed E-state index contributed by atoms with van der Waals surface area (Å²) in [6.07, 6.45) is 0. The first-order valence-electron chi connectivity index (χ1n) is 19.5. The molecule has 0 atom stereocenters. The summed E-state index contributed by atoms with van der Waals surface area (Å²) in [5.74, 6) is 1.91. The van der Waals surface area contributed by atoms with Gasteiger partial charge in [-0.05, 0) is 60.5 Å². The summed E-state index contributed by atoms with van der Waals surface area (Å²) in [5, 5.41) is 4.59. The van der Waals surface area contributed by atoms with Crippen LogP contribution in [-0.2, 0) is 5.41 Å². The summed E-state index contributed by atoms with van der Waals surface area (Å²) in [6, 6.07) is 75.8. The van der Waals surface area contributed by atoms with Crippen LogP contribution >= 0.6 is 0 Å². The highest BCUT2D eigenvalue weighted by molar-refractivity contribution is 6.22. The fourth-order valence-corrected chi connectivity index (χ4v) is 9.28. The first-order valence-corrected chi connectivity index (χ1v) is 19.5. The van der Waals surface area contributed by atoms with E-state index in [1.807, 2.05) is 36.4 Å². The number of fused-ring (bicyclic) bond motifs is 6. The van der Waals surface area contributed by atoms with E-state index in [2.05, 4.69) is 176 Å². The van der Waals surface area contributed by atoms with E-state index in [9.17, 15) is 0 Å². The van der Waals surface area contributed by atoms with Crippen molar-refractivity contribution in [3.8, 4) is 56.4 Å². The van der Waals surface area contributed by atoms with Crippen LogP contribution in [0.15, 0.2) is 212 Å². The lowest BCUT2D eigenvalue weighted by molar-refractivity contribution is 0.768. The third-order valence-electron chi connectivity index (χ3n) is 11.6. The molecule has 3 nitrogen and oxygen atoms in total. The van der Waals surface area contributed by atoms with E-state index in [0.29, 0.717) is 17.5 Å². The van der Waals surface area contributed by atoms with Gasteiger partial charge in [-0.15, -0.1) is 0 Å². The van der Waals surface area contributed by atoms with E-state index >= 15 is 0 Å². The lowest BCUT2D eigenvalue weighted by Gasteiger charge is -2.34. The van der Waals surface area contributed by atoms with Crippen LogP contribution in [0.4, 0.5) is 0 Å². The molecule has 1 heterocycles. The van der Waals surface area contributed by atoms with Crippen molar-refractivity contribution in [1.29, 1.82) is 0 Å². The summed E-state index contributed by atoms with van der Waals surface area (Å²) in [7, 11) is 0. The molecule has 1 aliphatic carbocycles. The van der Waals surface area contributed by atoms with Crippen LogP contribution in [0, 0.1) is 0 Å².